The molecule has 1 aromatic carbocycles. The lowest BCUT2D eigenvalue weighted by atomic mass is 10.1. The standard InChI is InChI=1S/C13H16FN5O/c1-7(8-3-2-4-9(14)5-8)20-10-6-11(15)18-13(19-17)12(10)16/h2-7H,16-17H2,1H3,(H3,15,18,19). The van der Waals surface area contributed by atoms with E-state index in [1.165, 1.54) is 18.2 Å². The fourth-order valence-electron chi connectivity index (χ4n) is 1.78. The Labute approximate surface area is 115 Å². The Kier molecular flexibility index (Phi) is 3.90. The van der Waals surface area contributed by atoms with Gasteiger partial charge in [-0.25, -0.2) is 15.2 Å². The van der Waals surface area contributed by atoms with Gasteiger partial charge in [0, 0.05) is 6.07 Å². The SMILES string of the molecule is CC(Oc1cc(N)nc(NN)c1N)c1cccc(F)c1. The zero-order chi connectivity index (χ0) is 14.7. The van der Waals surface area contributed by atoms with Crippen molar-refractivity contribution in [2.45, 2.75) is 13.0 Å². The van der Waals surface area contributed by atoms with Gasteiger partial charge in [-0.3, -0.25) is 0 Å². The highest BCUT2D eigenvalue weighted by molar-refractivity contribution is 5.71. The summed E-state index contributed by atoms with van der Waals surface area (Å²) < 4.78 is 18.9. The molecule has 7 N–H and O–H groups in total. The predicted octanol–water partition coefficient (Wildman–Crippen LogP) is 1.81. The molecule has 6 nitrogen and oxygen atoms in total. The van der Waals surface area contributed by atoms with Gasteiger partial charge in [0.2, 0.25) is 0 Å². The predicted molar refractivity (Wildman–Crippen MR) is 76.3 cm³/mol. The molecule has 0 saturated heterocycles. The summed E-state index contributed by atoms with van der Waals surface area (Å²) in [6.07, 6.45) is -0.402. The number of benzene rings is 1. The molecule has 0 bridgehead atoms. The fourth-order valence-corrected chi connectivity index (χ4v) is 1.78. The highest BCUT2D eigenvalue weighted by Crippen LogP contribution is 2.32. The van der Waals surface area contributed by atoms with Gasteiger partial charge >= 0.3 is 0 Å². The Morgan fingerprint density at radius 2 is 2.05 bits per heavy atom. The summed E-state index contributed by atoms with van der Waals surface area (Å²) in [6, 6.07) is 7.63. The second-order valence-corrected chi connectivity index (χ2v) is 4.27. The lowest BCUT2D eigenvalue weighted by molar-refractivity contribution is 0.228. The van der Waals surface area contributed by atoms with Crippen molar-refractivity contribution in [1.82, 2.24) is 4.98 Å². The van der Waals surface area contributed by atoms with Crippen LogP contribution < -0.4 is 27.5 Å². The Hall–Kier alpha value is -2.54. The molecule has 0 aliphatic carbocycles. The number of nitrogens with one attached hydrogen (secondary N) is 1. The molecule has 0 aliphatic heterocycles. The van der Waals surface area contributed by atoms with Crippen molar-refractivity contribution in [2.24, 2.45) is 5.84 Å². The summed E-state index contributed by atoms with van der Waals surface area (Å²) in [4.78, 5) is 3.92. The summed E-state index contributed by atoms with van der Waals surface area (Å²) in [5.41, 5.74) is 14.8. The smallest absolute Gasteiger partial charge is 0.169 e. The van der Waals surface area contributed by atoms with Crippen LogP contribution in [0.1, 0.15) is 18.6 Å². The number of nitrogens with two attached hydrogens (primary N) is 3. The van der Waals surface area contributed by atoms with E-state index in [1.54, 1.807) is 19.1 Å². The Balaban J connectivity index is 2.28. The minimum absolute atomic E-state index is 0.216. The topological polar surface area (TPSA) is 112 Å². The van der Waals surface area contributed by atoms with Crippen molar-refractivity contribution in [3.05, 3.63) is 41.7 Å². The number of hydrogen-bond acceptors (Lipinski definition) is 6. The molecule has 1 aromatic heterocycles. The highest BCUT2D eigenvalue weighted by Gasteiger charge is 2.14. The first-order valence-corrected chi connectivity index (χ1v) is 5.96. The Morgan fingerprint density at radius 3 is 2.70 bits per heavy atom. The van der Waals surface area contributed by atoms with Gasteiger partial charge in [0.1, 0.15) is 23.4 Å². The van der Waals surface area contributed by atoms with Crippen LogP contribution in [-0.2, 0) is 0 Å². The van der Waals surface area contributed by atoms with Crippen LogP contribution in [0.2, 0.25) is 0 Å². The van der Waals surface area contributed by atoms with Crippen molar-refractivity contribution in [2.75, 3.05) is 16.9 Å². The Bertz CT molecular complexity index is 620. The van der Waals surface area contributed by atoms with Crippen molar-refractivity contribution in [3.63, 3.8) is 0 Å². The van der Waals surface area contributed by atoms with Gasteiger partial charge in [-0.2, -0.15) is 0 Å². The van der Waals surface area contributed by atoms with Crippen LogP contribution in [0.15, 0.2) is 30.3 Å². The first kappa shape index (κ1) is 13.9. The maximum absolute atomic E-state index is 13.2. The van der Waals surface area contributed by atoms with Gasteiger partial charge < -0.3 is 21.6 Å². The number of aromatic nitrogens is 1. The van der Waals surface area contributed by atoms with E-state index in [-0.39, 0.29) is 23.1 Å². The van der Waals surface area contributed by atoms with Crippen LogP contribution in [0, 0.1) is 5.82 Å². The number of hydrazine groups is 1. The maximum atomic E-state index is 13.2. The highest BCUT2D eigenvalue weighted by atomic mass is 19.1. The van der Waals surface area contributed by atoms with E-state index in [9.17, 15) is 4.39 Å². The third-order valence-corrected chi connectivity index (χ3v) is 2.80. The van der Waals surface area contributed by atoms with Crippen LogP contribution in [0.5, 0.6) is 5.75 Å². The first-order chi connectivity index (χ1) is 9.51. The molecule has 7 heteroatoms. The molecule has 20 heavy (non-hydrogen) atoms. The molecule has 106 valence electrons. The third kappa shape index (κ3) is 2.89. The summed E-state index contributed by atoms with van der Waals surface area (Å²) in [6.45, 7) is 1.78. The van der Waals surface area contributed by atoms with Crippen LogP contribution in [0.25, 0.3) is 0 Å². The molecule has 2 aromatic rings. The van der Waals surface area contributed by atoms with Gasteiger partial charge in [0.15, 0.2) is 11.6 Å². The molecular formula is C13H16FN5O. The second-order valence-electron chi connectivity index (χ2n) is 4.27. The second kappa shape index (κ2) is 5.62. The minimum Gasteiger partial charge on any atom is -0.484 e. The molecular weight excluding hydrogens is 261 g/mol. The summed E-state index contributed by atoms with van der Waals surface area (Å²) in [7, 11) is 0. The van der Waals surface area contributed by atoms with E-state index in [2.05, 4.69) is 10.4 Å². The molecule has 0 amide bonds. The first-order valence-electron chi connectivity index (χ1n) is 5.96. The van der Waals surface area contributed by atoms with E-state index in [4.69, 9.17) is 22.0 Å². The van der Waals surface area contributed by atoms with Crippen molar-refractivity contribution in [1.29, 1.82) is 0 Å². The molecule has 0 saturated carbocycles. The van der Waals surface area contributed by atoms with Gasteiger partial charge in [-0.15, -0.1) is 0 Å². The largest absolute Gasteiger partial charge is 0.484 e. The van der Waals surface area contributed by atoms with E-state index < -0.39 is 6.10 Å². The van der Waals surface area contributed by atoms with E-state index in [0.717, 1.165) is 0 Å². The Morgan fingerprint density at radius 1 is 1.30 bits per heavy atom. The summed E-state index contributed by atoms with van der Waals surface area (Å²) in [5, 5.41) is 0. The average molecular weight is 277 g/mol. The number of rotatable bonds is 4. The molecule has 1 heterocycles. The fraction of sp³-hybridized carbons (Fsp3) is 0.154. The van der Waals surface area contributed by atoms with Gasteiger partial charge in [-0.1, -0.05) is 12.1 Å². The van der Waals surface area contributed by atoms with E-state index in [1.807, 2.05) is 0 Å². The minimum atomic E-state index is -0.402. The number of pyridine rings is 1. The molecule has 1 unspecified atom stereocenters. The third-order valence-electron chi connectivity index (χ3n) is 2.80. The van der Waals surface area contributed by atoms with Crippen LogP contribution in [0.3, 0.4) is 0 Å². The van der Waals surface area contributed by atoms with Crippen molar-refractivity contribution in [3.8, 4) is 5.75 Å². The summed E-state index contributed by atoms with van der Waals surface area (Å²) in [5.74, 6) is 5.75. The number of nitrogens with zero attached hydrogens (tertiary/aromatic N) is 1. The van der Waals surface area contributed by atoms with Crippen LogP contribution in [-0.4, -0.2) is 4.98 Å². The lowest BCUT2D eigenvalue weighted by Gasteiger charge is -2.18. The number of nitrogen functional groups attached to an aromatic ring is 3. The van der Waals surface area contributed by atoms with E-state index in [0.29, 0.717) is 11.3 Å². The monoisotopic (exact) mass is 277 g/mol. The zero-order valence-corrected chi connectivity index (χ0v) is 10.9. The van der Waals surface area contributed by atoms with Gasteiger partial charge in [0.05, 0.1) is 0 Å². The number of ether oxygens (including phenoxy) is 1. The normalized spacial score (nSPS) is 11.9. The molecule has 0 radical (unpaired) electrons. The maximum Gasteiger partial charge on any atom is 0.169 e. The molecule has 0 fully saturated rings. The number of halogens is 1. The zero-order valence-electron chi connectivity index (χ0n) is 10.9. The molecule has 0 spiro atoms. The van der Waals surface area contributed by atoms with Crippen molar-refractivity contribution >= 4 is 17.3 Å². The molecule has 0 aliphatic rings. The summed E-state index contributed by atoms with van der Waals surface area (Å²) >= 11 is 0. The lowest BCUT2D eigenvalue weighted by Crippen LogP contribution is -2.14. The number of hydrogen-bond donors (Lipinski definition) is 4. The van der Waals surface area contributed by atoms with Gasteiger partial charge in [0.25, 0.3) is 0 Å². The number of anilines is 3. The average Bonchev–Trinajstić information content (AvgIpc) is 2.42. The molecule has 1 atom stereocenters. The quantitative estimate of drug-likeness (QED) is 0.501. The van der Waals surface area contributed by atoms with Crippen molar-refractivity contribution < 1.29 is 9.13 Å². The van der Waals surface area contributed by atoms with E-state index >= 15 is 0 Å². The van der Waals surface area contributed by atoms with Crippen LogP contribution in [0.4, 0.5) is 21.7 Å². The van der Waals surface area contributed by atoms with Crippen LogP contribution >= 0.6 is 0 Å². The van der Waals surface area contributed by atoms with Gasteiger partial charge in [-0.05, 0) is 24.6 Å². The molecule has 2 rings (SSSR count).